The number of imidazole rings is 1. The molecule has 1 aromatic heterocycles. The van der Waals surface area contributed by atoms with Crippen molar-refractivity contribution < 1.29 is 4.79 Å². The summed E-state index contributed by atoms with van der Waals surface area (Å²) in [4.78, 5) is 15.2. The van der Waals surface area contributed by atoms with Gasteiger partial charge in [-0.1, -0.05) is 0 Å². The third-order valence-electron chi connectivity index (χ3n) is 0.744. The lowest BCUT2D eigenvalue weighted by molar-refractivity contribution is 0.111. The monoisotopic (exact) mass is 128 g/mol. The molecule has 3 nitrogen and oxygen atoms in total. The zero-order chi connectivity index (χ0) is 5.98. The first kappa shape index (κ1) is 5.24. The number of aldehydes is 1. The number of aromatic amines is 2. The number of hydrogen-bond acceptors (Lipinski definition) is 2. The highest BCUT2D eigenvalue weighted by Crippen LogP contribution is 1.85. The van der Waals surface area contributed by atoms with E-state index >= 15 is 0 Å². The van der Waals surface area contributed by atoms with Crippen molar-refractivity contribution >= 4 is 18.5 Å². The number of H-pyrrole nitrogens is 2. The maximum Gasteiger partial charge on any atom is 0.174 e. The molecule has 0 bridgehead atoms. The van der Waals surface area contributed by atoms with E-state index in [1.54, 1.807) is 0 Å². The molecular weight excluding hydrogens is 124 g/mol. The van der Waals surface area contributed by atoms with Gasteiger partial charge in [0.1, 0.15) is 0 Å². The summed E-state index contributed by atoms with van der Waals surface area (Å²) < 4.78 is 0.479. The van der Waals surface area contributed by atoms with Gasteiger partial charge in [0.15, 0.2) is 11.1 Å². The Morgan fingerprint density at radius 1 is 1.75 bits per heavy atom. The molecule has 0 radical (unpaired) electrons. The molecular formula is C4H4N2OS. The summed E-state index contributed by atoms with van der Waals surface area (Å²) in [6.07, 6.45) is 2.22. The summed E-state index contributed by atoms with van der Waals surface area (Å²) in [6, 6.07) is 0. The van der Waals surface area contributed by atoms with Crippen LogP contribution in [0.25, 0.3) is 0 Å². The Morgan fingerprint density at radius 2 is 2.50 bits per heavy atom. The van der Waals surface area contributed by atoms with Crippen molar-refractivity contribution in [3.63, 3.8) is 0 Å². The Morgan fingerprint density at radius 3 is 2.75 bits per heavy atom. The van der Waals surface area contributed by atoms with E-state index in [9.17, 15) is 4.79 Å². The van der Waals surface area contributed by atoms with Crippen LogP contribution >= 0.6 is 12.2 Å². The Balaban J connectivity index is 3.18. The normalized spacial score (nSPS) is 9.00. The van der Waals surface area contributed by atoms with Crippen LogP contribution in [0.5, 0.6) is 0 Å². The van der Waals surface area contributed by atoms with Gasteiger partial charge in [0.25, 0.3) is 0 Å². The first-order valence-corrected chi connectivity index (χ1v) is 2.46. The van der Waals surface area contributed by atoms with Crippen LogP contribution in [-0.2, 0) is 0 Å². The molecule has 4 heteroatoms. The molecule has 2 N–H and O–H groups in total. The van der Waals surface area contributed by atoms with Crippen LogP contribution in [0, 0.1) is 4.77 Å². The van der Waals surface area contributed by atoms with Crippen LogP contribution in [0.15, 0.2) is 6.20 Å². The Hall–Kier alpha value is -0.900. The Labute approximate surface area is 50.7 Å². The average molecular weight is 128 g/mol. The number of rotatable bonds is 1. The minimum absolute atomic E-state index is 0.479. The van der Waals surface area contributed by atoms with Gasteiger partial charge < -0.3 is 9.97 Å². The second-order valence-electron chi connectivity index (χ2n) is 1.32. The molecule has 0 aliphatic carbocycles. The highest BCUT2D eigenvalue weighted by atomic mass is 32.1. The number of hydrogen-bond donors (Lipinski definition) is 2. The Kier molecular flexibility index (Phi) is 1.26. The predicted octanol–water partition coefficient (Wildman–Crippen LogP) is 0.885. The number of aromatic nitrogens is 2. The van der Waals surface area contributed by atoms with Crippen molar-refractivity contribution in [3.05, 3.63) is 16.7 Å². The largest absolute Gasteiger partial charge is 0.337 e. The minimum atomic E-state index is 0.479. The molecule has 1 heterocycles. The molecule has 0 amide bonds. The maximum atomic E-state index is 9.92. The van der Waals surface area contributed by atoms with Crippen molar-refractivity contribution in [1.82, 2.24) is 9.97 Å². The van der Waals surface area contributed by atoms with Gasteiger partial charge in [-0.05, 0) is 12.2 Å². The topological polar surface area (TPSA) is 48.6 Å². The number of carbonyl (C=O) groups excluding carboxylic acids is 1. The molecule has 0 aliphatic rings. The summed E-state index contributed by atoms with van der Waals surface area (Å²) in [6.45, 7) is 0. The van der Waals surface area contributed by atoms with Crippen molar-refractivity contribution in [2.75, 3.05) is 0 Å². The summed E-state index contributed by atoms with van der Waals surface area (Å²) in [5.41, 5.74) is 0.481. The number of carbonyl (C=O) groups is 1. The van der Waals surface area contributed by atoms with Crippen molar-refractivity contribution in [3.8, 4) is 0 Å². The van der Waals surface area contributed by atoms with Crippen LogP contribution in [-0.4, -0.2) is 16.3 Å². The first-order valence-electron chi connectivity index (χ1n) is 2.06. The first-order chi connectivity index (χ1) is 3.83. The summed E-state index contributed by atoms with van der Waals surface area (Å²) >= 11 is 4.63. The van der Waals surface area contributed by atoms with Crippen molar-refractivity contribution in [1.29, 1.82) is 0 Å². The fraction of sp³-hybridized carbons (Fsp3) is 0. The van der Waals surface area contributed by atoms with E-state index in [4.69, 9.17) is 0 Å². The molecule has 0 aromatic carbocycles. The zero-order valence-corrected chi connectivity index (χ0v) is 4.79. The highest BCUT2D eigenvalue weighted by molar-refractivity contribution is 7.71. The van der Waals surface area contributed by atoms with Gasteiger partial charge in [-0.2, -0.15) is 0 Å². The molecule has 0 atom stereocenters. The standard InChI is InChI=1S/C4H4N2OS/c7-2-3-1-5-4(8)6-3/h1-2H,(H2,5,6,8). The van der Waals surface area contributed by atoms with E-state index in [0.717, 1.165) is 0 Å². The second-order valence-corrected chi connectivity index (χ2v) is 1.72. The molecule has 1 rings (SSSR count). The second kappa shape index (κ2) is 1.92. The SMILES string of the molecule is O=Cc1c[nH]c(=S)[nH]1. The number of nitrogens with one attached hydrogen (secondary N) is 2. The Bertz CT molecular complexity index is 236. The lowest BCUT2D eigenvalue weighted by Crippen LogP contribution is -1.73. The lowest BCUT2D eigenvalue weighted by atomic mass is 10.6. The molecule has 0 aliphatic heterocycles. The van der Waals surface area contributed by atoms with Crippen LogP contribution in [0.2, 0.25) is 0 Å². The smallest absolute Gasteiger partial charge is 0.174 e. The van der Waals surface area contributed by atoms with Crippen LogP contribution in [0.4, 0.5) is 0 Å². The van der Waals surface area contributed by atoms with E-state index in [-0.39, 0.29) is 0 Å². The molecule has 8 heavy (non-hydrogen) atoms. The van der Waals surface area contributed by atoms with E-state index in [1.807, 2.05) is 0 Å². The molecule has 0 saturated heterocycles. The fourth-order valence-corrected chi connectivity index (χ4v) is 0.587. The zero-order valence-electron chi connectivity index (χ0n) is 3.97. The van der Waals surface area contributed by atoms with Crippen LogP contribution in [0.3, 0.4) is 0 Å². The van der Waals surface area contributed by atoms with E-state index in [2.05, 4.69) is 22.2 Å². The van der Waals surface area contributed by atoms with Crippen molar-refractivity contribution in [2.24, 2.45) is 0 Å². The van der Waals surface area contributed by atoms with Gasteiger partial charge in [0.2, 0.25) is 0 Å². The molecule has 0 unspecified atom stereocenters. The van der Waals surface area contributed by atoms with E-state index in [0.29, 0.717) is 16.8 Å². The minimum Gasteiger partial charge on any atom is -0.337 e. The van der Waals surface area contributed by atoms with Gasteiger partial charge >= 0.3 is 0 Å². The quantitative estimate of drug-likeness (QED) is 0.435. The third-order valence-corrected chi connectivity index (χ3v) is 0.964. The summed E-state index contributed by atoms with van der Waals surface area (Å²) in [7, 11) is 0. The molecule has 0 spiro atoms. The van der Waals surface area contributed by atoms with Gasteiger partial charge in [0.05, 0.1) is 5.69 Å². The maximum absolute atomic E-state index is 9.92. The van der Waals surface area contributed by atoms with Crippen LogP contribution < -0.4 is 0 Å². The molecule has 0 saturated carbocycles. The van der Waals surface area contributed by atoms with Gasteiger partial charge in [0, 0.05) is 6.20 Å². The highest BCUT2D eigenvalue weighted by Gasteiger charge is 1.85. The fourth-order valence-electron chi connectivity index (χ4n) is 0.410. The molecule has 42 valence electrons. The summed E-state index contributed by atoms with van der Waals surface area (Å²) in [5, 5.41) is 0. The average Bonchev–Trinajstić information content (AvgIpc) is 2.14. The van der Waals surface area contributed by atoms with E-state index < -0.39 is 0 Å². The van der Waals surface area contributed by atoms with Gasteiger partial charge in [-0.3, -0.25) is 4.79 Å². The lowest BCUT2D eigenvalue weighted by Gasteiger charge is -1.68. The van der Waals surface area contributed by atoms with Crippen molar-refractivity contribution in [2.45, 2.75) is 0 Å². The van der Waals surface area contributed by atoms with E-state index in [1.165, 1.54) is 6.20 Å². The van der Waals surface area contributed by atoms with Gasteiger partial charge in [-0.25, -0.2) is 0 Å². The van der Waals surface area contributed by atoms with Gasteiger partial charge in [-0.15, -0.1) is 0 Å². The summed E-state index contributed by atoms with van der Waals surface area (Å²) in [5.74, 6) is 0. The van der Waals surface area contributed by atoms with Crippen LogP contribution in [0.1, 0.15) is 10.5 Å². The molecule has 0 fully saturated rings. The third kappa shape index (κ3) is 0.840. The molecule has 1 aromatic rings. The predicted molar refractivity (Wildman–Crippen MR) is 31.4 cm³/mol.